The van der Waals surface area contributed by atoms with Crippen LogP contribution in [0, 0.1) is 0 Å². The zero-order chi connectivity index (χ0) is 19.2. The minimum Gasteiger partial charge on any atom is -0.347 e. The first kappa shape index (κ1) is 19.0. The summed E-state index contributed by atoms with van der Waals surface area (Å²) < 4.78 is 0. The lowest BCUT2D eigenvalue weighted by atomic mass is 10.1. The molecule has 0 spiro atoms. The molecule has 0 saturated heterocycles. The van der Waals surface area contributed by atoms with E-state index in [4.69, 9.17) is 0 Å². The molecule has 0 unspecified atom stereocenters. The summed E-state index contributed by atoms with van der Waals surface area (Å²) >= 11 is 1.36. The lowest BCUT2D eigenvalue weighted by molar-refractivity contribution is -0.125. The zero-order valence-corrected chi connectivity index (χ0v) is 15.8. The molecule has 0 radical (unpaired) electrons. The molecule has 1 atom stereocenters. The van der Waals surface area contributed by atoms with Gasteiger partial charge in [-0.3, -0.25) is 14.4 Å². The molecule has 0 aromatic heterocycles. The SMILES string of the molecule is CCc1ccccc1NC(=O)CNC(=O)C[C@H]1Sc2ccccc2NC1=O. The van der Waals surface area contributed by atoms with E-state index in [9.17, 15) is 14.4 Å². The number of thioether (sulfide) groups is 1. The van der Waals surface area contributed by atoms with E-state index < -0.39 is 5.25 Å². The molecule has 2 aromatic carbocycles. The molecule has 3 amide bonds. The van der Waals surface area contributed by atoms with Crippen molar-refractivity contribution in [1.82, 2.24) is 5.32 Å². The van der Waals surface area contributed by atoms with Crippen LogP contribution >= 0.6 is 11.8 Å². The molecular formula is C20H21N3O3S. The minimum absolute atomic E-state index is 0.0175. The maximum atomic E-state index is 12.2. The average Bonchev–Trinajstić information content (AvgIpc) is 2.67. The summed E-state index contributed by atoms with van der Waals surface area (Å²) in [6.45, 7) is 1.88. The third kappa shape index (κ3) is 4.89. The fourth-order valence-electron chi connectivity index (χ4n) is 2.79. The third-order valence-corrected chi connectivity index (χ3v) is 5.47. The molecule has 6 nitrogen and oxygen atoms in total. The Kier molecular flexibility index (Phi) is 6.13. The van der Waals surface area contributed by atoms with Gasteiger partial charge in [-0.2, -0.15) is 0 Å². The van der Waals surface area contributed by atoms with Gasteiger partial charge < -0.3 is 16.0 Å². The summed E-state index contributed by atoms with van der Waals surface area (Å²) in [5.41, 5.74) is 2.54. The highest BCUT2D eigenvalue weighted by Crippen LogP contribution is 2.36. The van der Waals surface area contributed by atoms with E-state index in [2.05, 4.69) is 16.0 Å². The predicted octanol–water partition coefficient (Wildman–Crippen LogP) is 2.81. The lowest BCUT2D eigenvalue weighted by Crippen LogP contribution is -2.38. The second-order valence-electron chi connectivity index (χ2n) is 6.13. The fourth-order valence-corrected chi connectivity index (χ4v) is 3.90. The van der Waals surface area contributed by atoms with Gasteiger partial charge in [0.25, 0.3) is 0 Å². The molecule has 0 aliphatic carbocycles. The number of hydrogen-bond acceptors (Lipinski definition) is 4. The van der Waals surface area contributed by atoms with Crippen molar-refractivity contribution in [3.63, 3.8) is 0 Å². The monoisotopic (exact) mass is 383 g/mol. The molecule has 27 heavy (non-hydrogen) atoms. The second kappa shape index (κ2) is 8.73. The van der Waals surface area contributed by atoms with Gasteiger partial charge >= 0.3 is 0 Å². The molecule has 1 aliphatic rings. The van der Waals surface area contributed by atoms with Crippen molar-refractivity contribution in [3.8, 4) is 0 Å². The average molecular weight is 383 g/mol. The molecular weight excluding hydrogens is 362 g/mol. The number of benzene rings is 2. The minimum atomic E-state index is -0.510. The smallest absolute Gasteiger partial charge is 0.243 e. The van der Waals surface area contributed by atoms with Crippen LogP contribution < -0.4 is 16.0 Å². The standard InChI is InChI=1S/C20H21N3O3S/c1-2-13-7-3-4-8-14(13)22-19(25)12-21-18(24)11-17-20(26)23-15-9-5-6-10-16(15)27-17/h3-10,17H,2,11-12H2,1H3,(H,21,24)(H,22,25)(H,23,26)/t17-/m1/s1. The first-order valence-corrected chi connectivity index (χ1v) is 9.65. The summed E-state index contributed by atoms with van der Waals surface area (Å²) in [5.74, 6) is -0.827. The van der Waals surface area contributed by atoms with Crippen LogP contribution in [0.15, 0.2) is 53.4 Å². The van der Waals surface area contributed by atoms with E-state index >= 15 is 0 Å². The van der Waals surface area contributed by atoms with Gasteiger partial charge in [-0.15, -0.1) is 11.8 Å². The van der Waals surface area contributed by atoms with Crippen molar-refractivity contribution in [3.05, 3.63) is 54.1 Å². The van der Waals surface area contributed by atoms with Crippen LogP contribution in [0.5, 0.6) is 0 Å². The van der Waals surface area contributed by atoms with Crippen molar-refractivity contribution < 1.29 is 14.4 Å². The molecule has 140 valence electrons. The Bertz CT molecular complexity index is 869. The van der Waals surface area contributed by atoms with Gasteiger partial charge in [0, 0.05) is 17.0 Å². The van der Waals surface area contributed by atoms with Crippen molar-refractivity contribution in [1.29, 1.82) is 0 Å². The predicted molar refractivity (Wildman–Crippen MR) is 107 cm³/mol. The number of amides is 3. The van der Waals surface area contributed by atoms with Gasteiger partial charge in [0.2, 0.25) is 17.7 Å². The quantitative estimate of drug-likeness (QED) is 0.716. The molecule has 7 heteroatoms. The summed E-state index contributed by atoms with van der Waals surface area (Å²) in [7, 11) is 0. The van der Waals surface area contributed by atoms with Crippen LogP contribution in [0.2, 0.25) is 0 Å². The van der Waals surface area contributed by atoms with E-state index in [1.807, 2.05) is 55.5 Å². The summed E-state index contributed by atoms with van der Waals surface area (Å²) in [5, 5.41) is 7.69. The molecule has 0 saturated carbocycles. The number of carbonyl (C=O) groups is 3. The summed E-state index contributed by atoms with van der Waals surface area (Å²) in [6, 6.07) is 15.0. The molecule has 1 heterocycles. The largest absolute Gasteiger partial charge is 0.347 e. The number of nitrogens with one attached hydrogen (secondary N) is 3. The highest BCUT2D eigenvalue weighted by molar-refractivity contribution is 8.01. The molecule has 3 N–H and O–H groups in total. The first-order chi connectivity index (χ1) is 13.1. The van der Waals surface area contributed by atoms with Crippen molar-refractivity contribution >= 4 is 40.9 Å². The summed E-state index contributed by atoms with van der Waals surface area (Å²) in [6.07, 6.45) is 0.821. The number of rotatable bonds is 6. The number of carbonyl (C=O) groups excluding carboxylic acids is 3. The van der Waals surface area contributed by atoms with Crippen LogP contribution in [-0.2, 0) is 20.8 Å². The van der Waals surface area contributed by atoms with Gasteiger partial charge in [0.05, 0.1) is 17.5 Å². The zero-order valence-electron chi connectivity index (χ0n) is 15.0. The van der Waals surface area contributed by atoms with Gasteiger partial charge in [-0.1, -0.05) is 37.3 Å². The number of aryl methyl sites for hydroxylation is 1. The van der Waals surface area contributed by atoms with Crippen LogP contribution in [0.4, 0.5) is 11.4 Å². The topological polar surface area (TPSA) is 87.3 Å². The highest BCUT2D eigenvalue weighted by Gasteiger charge is 2.28. The lowest BCUT2D eigenvalue weighted by Gasteiger charge is -2.23. The second-order valence-corrected chi connectivity index (χ2v) is 7.38. The van der Waals surface area contributed by atoms with Crippen LogP contribution in [0.1, 0.15) is 18.9 Å². The van der Waals surface area contributed by atoms with E-state index in [0.717, 1.165) is 28.3 Å². The van der Waals surface area contributed by atoms with Gasteiger partial charge in [-0.25, -0.2) is 0 Å². The number of anilines is 2. The van der Waals surface area contributed by atoms with Gasteiger partial charge in [0.1, 0.15) is 0 Å². The van der Waals surface area contributed by atoms with Gasteiger partial charge in [-0.05, 0) is 30.2 Å². The maximum Gasteiger partial charge on any atom is 0.243 e. The number of hydrogen-bond donors (Lipinski definition) is 3. The van der Waals surface area contributed by atoms with Crippen LogP contribution in [0.25, 0.3) is 0 Å². The third-order valence-electron chi connectivity index (χ3n) is 4.20. The molecule has 3 rings (SSSR count). The Morgan fingerprint density at radius 3 is 2.63 bits per heavy atom. The van der Waals surface area contributed by atoms with Crippen molar-refractivity contribution in [2.75, 3.05) is 17.2 Å². The van der Waals surface area contributed by atoms with Crippen molar-refractivity contribution in [2.45, 2.75) is 29.9 Å². The van der Waals surface area contributed by atoms with Crippen LogP contribution in [-0.4, -0.2) is 29.5 Å². The number of fused-ring (bicyclic) bond motifs is 1. The molecule has 2 aromatic rings. The van der Waals surface area contributed by atoms with E-state index in [0.29, 0.717) is 0 Å². The maximum absolute atomic E-state index is 12.2. The van der Waals surface area contributed by atoms with Crippen LogP contribution in [0.3, 0.4) is 0 Å². The van der Waals surface area contributed by atoms with E-state index in [1.54, 1.807) is 0 Å². The fraction of sp³-hybridized carbons (Fsp3) is 0.250. The normalized spacial score (nSPS) is 15.4. The summed E-state index contributed by atoms with van der Waals surface area (Å²) in [4.78, 5) is 37.3. The van der Waals surface area contributed by atoms with E-state index in [-0.39, 0.29) is 30.7 Å². The van der Waals surface area contributed by atoms with Gasteiger partial charge in [0.15, 0.2) is 0 Å². The highest BCUT2D eigenvalue weighted by atomic mass is 32.2. The molecule has 0 bridgehead atoms. The Morgan fingerprint density at radius 2 is 1.81 bits per heavy atom. The first-order valence-electron chi connectivity index (χ1n) is 8.78. The molecule has 0 fully saturated rings. The Morgan fingerprint density at radius 1 is 1.07 bits per heavy atom. The van der Waals surface area contributed by atoms with E-state index in [1.165, 1.54) is 11.8 Å². The Labute approximate surface area is 162 Å². The number of para-hydroxylation sites is 2. The Hall–Kier alpha value is -2.80. The molecule has 1 aliphatic heterocycles. The Balaban J connectivity index is 1.50. The van der Waals surface area contributed by atoms with Crippen molar-refractivity contribution in [2.24, 2.45) is 0 Å².